The Bertz CT molecular complexity index is 161. The molecule has 0 aliphatic heterocycles. The largest absolute Gasteiger partial charge is 0.330 e. The van der Waals surface area contributed by atoms with Crippen LogP contribution in [0.2, 0.25) is 0 Å². The van der Waals surface area contributed by atoms with Crippen LogP contribution in [0.4, 0.5) is 0 Å². The summed E-state index contributed by atoms with van der Waals surface area (Å²) in [7, 11) is 0. The van der Waals surface area contributed by atoms with E-state index in [2.05, 4.69) is 20.8 Å². The van der Waals surface area contributed by atoms with Gasteiger partial charge in [-0.1, -0.05) is 117 Å². The van der Waals surface area contributed by atoms with Crippen LogP contribution in [-0.2, 0) is 0 Å². The minimum absolute atomic E-state index is 0. The Morgan fingerprint density at radius 2 is 0.467 bits per heavy atom. The van der Waals surface area contributed by atoms with Gasteiger partial charge in [-0.05, 0) is 38.9 Å². The van der Waals surface area contributed by atoms with E-state index in [0.717, 1.165) is 19.6 Å². The third-order valence-electron chi connectivity index (χ3n) is 4.67. The van der Waals surface area contributed by atoms with E-state index in [9.17, 15) is 0 Å². The van der Waals surface area contributed by atoms with E-state index in [1.165, 1.54) is 116 Å². The van der Waals surface area contributed by atoms with Gasteiger partial charge in [0.25, 0.3) is 0 Å². The summed E-state index contributed by atoms with van der Waals surface area (Å²) in [5.74, 6) is 0. The summed E-state index contributed by atoms with van der Waals surface area (Å²) in [5.41, 5.74) is 16.0. The maximum atomic E-state index is 5.34. The lowest BCUT2D eigenvalue weighted by atomic mass is 10.1. The SMILES string of the molecule is CCCCCCCCN.CCCCCCCCN.CCCCCCCCN.Cl.Cl.Cl. The second-order valence-electron chi connectivity index (χ2n) is 7.67. The third-order valence-corrected chi connectivity index (χ3v) is 4.67. The van der Waals surface area contributed by atoms with Crippen LogP contribution in [0, 0.1) is 0 Å². The lowest BCUT2D eigenvalue weighted by Crippen LogP contribution is -1.97. The fourth-order valence-electron chi connectivity index (χ4n) is 2.77. The van der Waals surface area contributed by atoms with Crippen molar-refractivity contribution in [3.05, 3.63) is 0 Å². The van der Waals surface area contributed by atoms with E-state index in [1.54, 1.807) is 0 Å². The van der Waals surface area contributed by atoms with Crippen molar-refractivity contribution in [1.29, 1.82) is 0 Å². The zero-order valence-corrected chi connectivity index (χ0v) is 23.3. The van der Waals surface area contributed by atoms with Gasteiger partial charge in [-0.3, -0.25) is 0 Å². The summed E-state index contributed by atoms with van der Waals surface area (Å²) in [6.07, 6.45) is 24.2. The van der Waals surface area contributed by atoms with Crippen molar-refractivity contribution in [2.45, 2.75) is 136 Å². The normalized spacial score (nSPS) is 9.00. The average molecular weight is 497 g/mol. The van der Waals surface area contributed by atoms with Crippen LogP contribution in [-0.4, -0.2) is 19.6 Å². The number of rotatable bonds is 18. The highest BCUT2D eigenvalue weighted by molar-refractivity contribution is 5.86. The van der Waals surface area contributed by atoms with Crippen LogP contribution >= 0.6 is 37.2 Å². The van der Waals surface area contributed by atoms with Gasteiger partial charge < -0.3 is 17.2 Å². The minimum Gasteiger partial charge on any atom is -0.330 e. The predicted octanol–water partition coefficient (Wildman–Crippen LogP) is 8.18. The Hall–Kier alpha value is 0.750. The van der Waals surface area contributed by atoms with Crippen molar-refractivity contribution in [3.8, 4) is 0 Å². The second-order valence-corrected chi connectivity index (χ2v) is 7.67. The maximum Gasteiger partial charge on any atom is -0.00773 e. The van der Waals surface area contributed by atoms with Gasteiger partial charge in [-0.15, -0.1) is 37.2 Å². The van der Waals surface area contributed by atoms with E-state index in [1.807, 2.05) is 0 Å². The third kappa shape index (κ3) is 63.0. The van der Waals surface area contributed by atoms with Gasteiger partial charge in [0.1, 0.15) is 0 Å². The smallest absolute Gasteiger partial charge is 0.00773 e. The Balaban J connectivity index is -0.0000000686. The highest BCUT2D eigenvalue weighted by Gasteiger charge is 1.87. The maximum absolute atomic E-state index is 5.34. The molecule has 0 aromatic carbocycles. The summed E-state index contributed by atoms with van der Waals surface area (Å²) in [5, 5.41) is 0. The average Bonchev–Trinajstić information content (AvgIpc) is 2.69. The molecule has 3 nitrogen and oxygen atoms in total. The molecule has 0 unspecified atom stereocenters. The summed E-state index contributed by atoms with van der Waals surface area (Å²) in [4.78, 5) is 0. The van der Waals surface area contributed by atoms with Crippen LogP contribution in [0.25, 0.3) is 0 Å². The monoisotopic (exact) mass is 495 g/mol. The Kier molecular flexibility index (Phi) is 77.0. The van der Waals surface area contributed by atoms with Crippen molar-refractivity contribution in [2.75, 3.05) is 19.6 Å². The number of hydrogen-bond acceptors (Lipinski definition) is 3. The second kappa shape index (κ2) is 52.0. The van der Waals surface area contributed by atoms with E-state index < -0.39 is 0 Å². The molecule has 0 saturated heterocycles. The first-order chi connectivity index (χ1) is 13.2. The van der Waals surface area contributed by atoms with Gasteiger partial charge in [-0.25, -0.2) is 0 Å². The van der Waals surface area contributed by atoms with Crippen LogP contribution in [0.15, 0.2) is 0 Å². The highest BCUT2D eigenvalue weighted by atomic mass is 35.5. The number of hydrogen-bond donors (Lipinski definition) is 3. The predicted molar refractivity (Wildman–Crippen MR) is 149 cm³/mol. The van der Waals surface area contributed by atoms with Gasteiger partial charge >= 0.3 is 0 Å². The van der Waals surface area contributed by atoms with Crippen molar-refractivity contribution >= 4 is 37.2 Å². The van der Waals surface area contributed by atoms with Crippen molar-refractivity contribution in [1.82, 2.24) is 0 Å². The van der Waals surface area contributed by atoms with Crippen LogP contribution in [0.5, 0.6) is 0 Å². The highest BCUT2D eigenvalue weighted by Crippen LogP contribution is 2.04. The molecule has 0 radical (unpaired) electrons. The fourth-order valence-corrected chi connectivity index (χ4v) is 2.77. The first kappa shape index (κ1) is 44.4. The molecule has 0 aliphatic carbocycles. The molecule has 0 saturated carbocycles. The molecule has 0 bridgehead atoms. The van der Waals surface area contributed by atoms with E-state index in [0.29, 0.717) is 0 Å². The van der Waals surface area contributed by atoms with E-state index in [-0.39, 0.29) is 37.2 Å². The van der Waals surface area contributed by atoms with E-state index in [4.69, 9.17) is 17.2 Å². The lowest BCUT2D eigenvalue weighted by Gasteiger charge is -1.96. The molecule has 0 spiro atoms. The molecule has 30 heavy (non-hydrogen) atoms. The Labute approximate surface area is 210 Å². The lowest BCUT2D eigenvalue weighted by molar-refractivity contribution is 0.612. The summed E-state index contributed by atoms with van der Waals surface area (Å²) >= 11 is 0. The van der Waals surface area contributed by atoms with Crippen molar-refractivity contribution < 1.29 is 0 Å². The van der Waals surface area contributed by atoms with Gasteiger partial charge in [0.05, 0.1) is 0 Å². The molecule has 0 aromatic heterocycles. The molecular formula is C24H60Cl3N3. The summed E-state index contributed by atoms with van der Waals surface area (Å²) < 4.78 is 0. The molecule has 0 fully saturated rings. The molecule has 0 heterocycles. The standard InChI is InChI=1S/3C8H19N.3ClH/c3*1-2-3-4-5-6-7-8-9;;;/h3*2-9H2,1H3;3*1H. The molecule has 0 atom stereocenters. The minimum atomic E-state index is 0. The first-order valence-electron chi connectivity index (χ1n) is 12.3. The van der Waals surface area contributed by atoms with Gasteiger partial charge in [-0.2, -0.15) is 0 Å². The Morgan fingerprint density at radius 3 is 0.633 bits per heavy atom. The van der Waals surface area contributed by atoms with Crippen LogP contribution < -0.4 is 17.2 Å². The summed E-state index contributed by atoms with van der Waals surface area (Å²) in [6, 6.07) is 0. The molecule has 0 aromatic rings. The topological polar surface area (TPSA) is 78.1 Å². The summed E-state index contributed by atoms with van der Waals surface area (Å²) in [6.45, 7) is 9.32. The van der Waals surface area contributed by atoms with E-state index >= 15 is 0 Å². The zero-order chi connectivity index (χ0) is 20.8. The quantitative estimate of drug-likeness (QED) is 0.167. The van der Waals surface area contributed by atoms with Gasteiger partial charge in [0.15, 0.2) is 0 Å². The molecular weight excluding hydrogens is 437 g/mol. The molecule has 0 aliphatic rings. The number of unbranched alkanes of at least 4 members (excludes halogenated alkanes) is 15. The molecule has 0 amide bonds. The van der Waals surface area contributed by atoms with Gasteiger partial charge in [0, 0.05) is 0 Å². The van der Waals surface area contributed by atoms with Crippen molar-refractivity contribution in [2.24, 2.45) is 17.2 Å². The fraction of sp³-hybridized carbons (Fsp3) is 1.00. The molecule has 192 valence electrons. The zero-order valence-electron chi connectivity index (χ0n) is 20.8. The Morgan fingerprint density at radius 1 is 0.300 bits per heavy atom. The number of nitrogens with two attached hydrogens (primary N) is 3. The molecule has 0 rings (SSSR count). The first-order valence-corrected chi connectivity index (χ1v) is 12.3. The number of halogens is 3. The van der Waals surface area contributed by atoms with Crippen LogP contribution in [0.1, 0.15) is 136 Å². The molecule has 6 N–H and O–H groups in total. The molecule has 6 heteroatoms. The van der Waals surface area contributed by atoms with Gasteiger partial charge in [0.2, 0.25) is 0 Å². The van der Waals surface area contributed by atoms with Crippen LogP contribution in [0.3, 0.4) is 0 Å². The van der Waals surface area contributed by atoms with Crippen molar-refractivity contribution in [3.63, 3.8) is 0 Å².